The summed E-state index contributed by atoms with van der Waals surface area (Å²) in [6.45, 7) is 24.3. The molecule has 1 saturated heterocycles. The van der Waals surface area contributed by atoms with Crippen LogP contribution in [0.4, 0.5) is 0 Å². The molecule has 2 unspecified atom stereocenters. The Morgan fingerprint density at radius 1 is 0.931 bits per heavy atom. The first-order valence-electron chi connectivity index (χ1n) is 10.6. The van der Waals surface area contributed by atoms with Crippen molar-refractivity contribution in [3.63, 3.8) is 0 Å². The van der Waals surface area contributed by atoms with Gasteiger partial charge in [-0.15, -0.1) is 0 Å². The number of rotatable bonds is 8. The SMILES string of the molecule is CO[C@@H]1O[C@H](CO[Si](C)(C)C(C)(C)C)C(O[Si](C)(C)C(C)(C)C)C1COC(C)=O. The molecule has 8 heteroatoms. The topological polar surface area (TPSA) is 63.2 Å². The highest BCUT2D eigenvalue weighted by Gasteiger charge is 2.51. The summed E-state index contributed by atoms with van der Waals surface area (Å²) in [7, 11) is -2.41. The van der Waals surface area contributed by atoms with Crippen molar-refractivity contribution in [1.29, 1.82) is 0 Å². The zero-order valence-corrected chi connectivity index (χ0v) is 22.7. The normalized spacial score (nSPS) is 26.6. The number of hydrogen-bond donors (Lipinski definition) is 0. The molecule has 0 amide bonds. The molecule has 1 rings (SSSR count). The van der Waals surface area contributed by atoms with E-state index in [0.29, 0.717) is 6.61 Å². The van der Waals surface area contributed by atoms with E-state index in [9.17, 15) is 4.79 Å². The van der Waals surface area contributed by atoms with Crippen molar-refractivity contribution >= 4 is 22.6 Å². The average molecular weight is 449 g/mol. The number of carbonyl (C=O) groups excluding carboxylic acids is 1. The van der Waals surface area contributed by atoms with E-state index in [4.69, 9.17) is 23.1 Å². The lowest BCUT2D eigenvalue weighted by molar-refractivity contribution is -0.155. The molecule has 0 saturated carbocycles. The van der Waals surface area contributed by atoms with Crippen LogP contribution in [0.5, 0.6) is 0 Å². The van der Waals surface area contributed by atoms with Gasteiger partial charge in [0.25, 0.3) is 0 Å². The summed E-state index contributed by atoms with van der Waals surface area (Å²) in [4.78, 5) is 11.4. The van der Waals surface area contributed by atoms with E-state index in [-0.39, 0.29) is 40.8 Å². The van der Waals surface area contributed by atoms with E-state index in [0.717, 1.165) is 0 Å². The fourth-order valence-electron chi connectivity index (χ4n) is 2.72. The zero-order chi connectivity index (χ0) is 22.8. The summed E-state index contributed by atoms with van der Waals surface area (Å²) in [6, 6.07) is 0. The third-order valence-corrected chi connectivity index (χ3v) is 15.8. The van der Waals surface area contributed by atoms with Crippen LogP contribution < -0.4 is 0 Å². The van der Waals surface area contributed by atoms with Crippen LogP contribution in [0.25, 0.3) is 0 Å². The Labute approximate surface area is 180 Å². The predicted octanol–water partition coefficient (Wildman–Crippen LogP) is 4.95. The Kier molecular flexibility index (Phi) is 8.76. The summed E-state index contributed by atoms with van der Waals surface area (Å²) < 4.78 is 30.4. The maximum atomic E-state index is 11.4. The first kappa shape index (κ1) is 26.8. The number of ether oxygens (including phenoxy) is 3. The van der Waals surface area contributed by atoms with Crippen molar-refractivity contribution in [2.75, 3.05) is 20.3 Å². The van der Waals surface area contributed by atoms with Gasteiger partial charge in [0.2, 0.25) is 0 Å². The van der Waals surface area contributed by atoms with Crippen LogP contribution in [0.3, 0.4) is 0 Å². The van der Waals surface area contributed by atoms with Crippen molar-refractivity contribution in [2.45, 2.75) is 103 Å². The van der Waals surface area contributed by atoms with Gasteiger partial charge in [-0.25, -0.2) is 0 Å². The first-order chi connectivity index (χ1) is 12.9. The lowest BCUT2D eigenvalue weighted by Gasteiger charge is -2.41. The monoisotopic (exact) mass is 448 g/mol. The minimum absolute atomic E-state index is 0.0506. The molecule has 0 radical (unpaired) electrons. The Morgan fingerprint density at radius 3 is 1.86 bits per heavy atom. The van der Waals surface area contributed by atoms with E-state index in [1.54, 1.807) is 7.11 Å². The molecule has 4 atom stereocenters. The van der Waals surface area contributed by atoms with Gasteiger partial charge in [0.1, 0.15) is 12.7 Å². The van der Waals surface area contributed by atoms with E-state index in [1.807, 2.05) is 0 Å². The zero-order valence-electron chi connectivity index (χ0n) is 20.7. The predicted molar refractivity (Wildman–Crippen MR) is 121 cm³/mol. The highest BCUT2D eigenvalue weighted by molar-refractivity contribution is 6.74. The van der Waals surface area contributed by atoms with Crippen molar-refractivity contribution in [3.8, 4) is 0 Å². The van der Waals surface area contributed by atoms with Crippen LogP contribution in [0.15, 0.2) is 0 Å². The molecule has 0 aromatic carbocycles. The summed E-state index contributed by atoms with van der Waals surface area (Å²) in [5.74, 6) is -0.502. The van der Waals surface area contributed by atoms with Crippen molar-refractivity contribution in [3.05, 3.63) is 0 Å². The molecule has 1 fully saturated rings. The molecular formula is C21H44O6Si2. The maximum Gasteiger partial charge on any atom is 0.302 e. The molecule has 1 heterocycles. The van der Waals surface area contributed by atoms with Gasteiger partial charge in [-0.2, -0.15) is 0 Å². The van der Waals surface area contributed by atoms with Gasteiger partial charge in [0, 0.05) is 14.0 Å². The van der Waals surface area contributed by atoms with E-state index >= 15 is 0 Å². The largest absolute Gasteiger partial charge is 0.465 e. The Hall–Kier alpha value is -0.256. The quantitative estimate of drug-likeness (QED) is 0.387. The third kappa shape index (κ3) is 6.87. The molecule has 0 aliphatic carbocycles. The minimum atomic E-state index is -2.08. The van der Waals surface area contributed by atoms with Gasteiger partial charge < -0.3 is 23.1 Å². The molecule has 29 heavy (non-hydrogen) atoms. The van der Waals surface area contributed by atoms with Crippen LogP contribution in [0.1, 0.15) is 48.5 Å². The summed E-state index contributed by atoms with van der Waals surface area (Å²) in [6.07, 6.45) is -0.995. The second kappa shape index (κ2) is 9.48. The van der Waals surface area contributed by atoms with E-state index in [1.165, 1.54) is 6.92 Å². The molecule has 172 valence electrons. The summed E-state index contributed by atoms with van der Waals surface area (Å²) >= 11 is 0. The standard InChI is InChI=1S/C21H44O6Si2/c1-15(22)24-13-16-18(27-29(11,12)21(5,6)7)17(26-19(16)23-8)14-25-28(9,10)20(2,3)4/h16-19H,13-14H2,1-12H3/t16?,17-,18?,19-/m1/s1. The van der Waals surface area contributed by atoms with E-state index < -0.39 is 22.9 Å². The van der Waals surface area contributed by atoms with Crippen LogP contribution in [0.2, 0.25) is 36.3 Å². The fraction of sp³-hybridized carbons (Fsp3) is 0.952. The van der Waals surface area contributed by atoms with Gasteiger partial charge in [-0.1, -0.05) is 41.5 Å². The van der Waals surface area contributed by atoms with Crippen LogP contribution >= 0.6 is 0 Å². The molecule has 0 spiro atoms. The molecule has 6 nitrogen and oxygen atoms in total. The number of methoxy groups -OCH3 is 1. The van der Waals surface area contributed by atoms with Gasteiger partial charge in [0.15, 0.2) is 22.9 Å². The van der Waals surface area contributed by atoms with Crippen LogP contribution in [-0.2, 0) is 27.9 Å². The lowest BCUT2D eigenvalue weighted by atomic mass is 10.0. The van der Waals surface area contributed by atoms with Crippen LogP contribution in [-0.4, -0.2) is 61.4 Å². The Balaban J connectivity index is 3.11. The van der Waals surface area contributed by atoms with Gasteiger partial charge in [-0.05, 0) is 36.3 Å². The van der Waals surface area contributed by atoms with Crippen LogP contribution in [0, 0.1) is 5.92 Å². The van der Waals surface area contributed by atoms with E-state index in [2.05, 4.69) is 67.7 Å². The molecule has 1 aliphatic rings. The summed E-state index contributed by atoms with van der Waals surface area (Å²) in [5, 5.41) is 0.161. The number of esters is 1. The van der Waals surface area contributed by atoms with Crippen molar-refractivity contribution in [2.24, 2.45) is 5.92 Å². The molecule has 0 aromatic heterocycles. The highest BCUT2D eigenvalue weighted by atomic mass is 28.4. The van der Waals surface area contributed by atoms with Gasteiger partial charge in [0.05, 0.1) is 18.6 Å². The Morgan fingerprint density at radius 2 is 1.45 bits per heavy atom. The lowest BCUT2D eigenvalue weighted by Crippen LogP contribution is -2.50. The number of hydrogen-bond acceptors (Lipinski definition) is 6. The molecule has 0 N–H and O–H groups in total. The minimum Gasteiger partial charge on any atom is -0.465 e. The highest BCUT2D eigenvalue weighted by Crippen LogP contribution is 2.42. The molecular weight excluding hydrogens is 404 g/mol. The third-order valence-electron chi connectivity index (χ3n) is 6.81. The smallest absolute Gasteiger partial charge is 0.302 e. The summed E-state index contributed by atoms with van der Waals surface area (Å²) in [5.41, 5.74) is 0. The van der Waals surface area contributed by atoms with Crippen molar-refractivity contribution < 1.29 is 27.9 Å². The maximum absolute atomic E-state index is 11.4. The second-order valence-corrected chi connectivity index (χ2v) is 20.7. The van der Waals surface area contributed by atoms with Gasteiger partial charge in [-0.3, -0.25) is 4.79 Å². The number of carbonyl (C=O) groups is 1. The van der Waals surface area contributed by atoms with Gasteiger partial charge >= 0.3 is 5.97 Å². The first-order valence-corrected chi connectivity index (χ1v) is 16.4. The fourth-order valence-corrected chi connectivity index (χ4v) is 5.09. The molecule has 0 aromatic rings. The second-order valence-electron chi connectivity index (χ2n) is 11.2. The van der Waals surface area contributed by atoms with Crippen molar-refractivity contribution in [1.82, 2.24) is 0 Å². The average Bonchev–Trinajstić information content (AvgIpc) is 2.85. The Bertz CT molecular complexity index is 550. The molecule has 1 aliphatic heterocycles. The molecule has 0 bridgehead atoms.